The lowest BCUT2D eigenvalue weighted by Gasteiger charge is -2.25. The molecule has 0 aromatic heterocycles. The summed E-state index contributed by atoms with van der Waals surface area (Å²) in [5.41, 5.74) is 0.884. The van der Waals surface area contributed by atoms with Crippen LogP contribution in [0.1, 0.15) is 31.2 Å². The number of hydrogen-bond donors (Lipinski definition) is 0. The monoisotopic (exact) mass is 403 g/mol. The minimum absolute atomic E-state index is 0.191. The van der Waals surface area contributed by atoms with Crippen molar-refractivity contribution in [3.63, 3.8) is 0 Å². The highest BCUT2D eigenvalue weighted by Crippen LogP contribution is 2.26. The largest absolute Gasteiger partial charge is 0.493 e. The van der Waals surface area contributed by atoms with Crippen LogP contribution in [0, 0.1) is 0 Å². The Morgan fingerprint density at radius 2 is 1.61 bits per heavy atom. The van der Waals surface area contributed by atoms with Crippen LogP contribution in [0.25, 0.3) is 0 Å². The molecule has 0 radical (unpaired) electrons. The van der Waals surface area contributed by atoms with Gasteiger partial charge in [-0.25, -0.2) is 8.42 Å². The Hall–Kier alpha value is -2.38. The number of benzene rings is 2. The third kappa shape index (κ3) is 4.91. The van der Waals surface area contributed by atoms with Gasteiger partial charge in [-0.1, -0.05) is 30.7 Å². The van der Waals surface area contributed by atoms with E-state index in [2.05, 4.69) is 0 Å². The fourth-order valence-corrected chi connectivity index (χ4v) is 4.72. The lowest BCUT2D eigenvalue weighted by molar-refractivity contribution is -0.134. The van der Waals surface area contributed by atoms with Gasteiger partial charge in [0.1, 0.15) is 0 Å². The van der Waals surface area contributed by atoms with Gasteiger partial charge < -0.3 is 9.47 Å². The van der Waals surface area contributed by atoms with E-state index in [1.165, 1.54) is 7.11 Å². The fourth-order valence-electron chi connectivity index (χ4n) is 3.21. The molecule has 0 amide bonds. The summed E-state index contributed by atoms with van der Waals surface area (Å²) < 4.78 is 37.4. The van der Waals surface area contributed by atoms with Crippen molar-refractivity contribution in [3.05, 3.63) is 54.1 Å². The van der Waals surface area contributed by atoms with Crippen LogP contribution in [0.4, 0.5) is 0 Å². The molecular formula is C21H25NO5S. The van der Waals surface area contributed by atoms with Crippen LogP contribution >= 0.6 is 0 Å². The number of nitrogens with zero attached hydrogens (tertiary/aromatic N) is 1. The van der Waals surface area contributed by atoms with E-state index < -0.39 is 10.0 Å². The van der Waals surface area contributed by atoms with Gasteiger partial charge in [0.05, 0.1) is 12.0 Å². The Labute approximate surface area is 166 Å². The molecule has 0 unspecified atom stereocenters. The number of methoxy groups -OCH3 is 1. The summed E-state index contributed by atoms with van der Waals surface area (Å²) in [6.07, 6.45) is 3.56. The summed E-state index contributed by atoms with van der Waals surface area (Å²) in [4.78, 5) is 12.4. The minimum atomic E-state index is -3.43. The highest BCUT2D eigenvalue weighted by Gasteiger charge is 2.25. The average molecular weight is 404 g/mol. The number of carbonyl (C=O) groups excluding carboxylic acids is 1. The van der Waals surface area contributed by atoms with Crippen LogP contribution in [0.2, 0.25) is 0 Å². The number of ether oxygens (including phenoxy) is 2. The first-order valence-corrected chi connectivity index (χ1v) is 10.9. The number of para-hydroxylation sites is 2. The van der Waals surface area contributed by atoms with E-state index in [0.717, 1.165) is 24.8 Å². The molecule has 2 aromatic rings. The predicted molar refractivity (Wildman–Crippen MR) is 106 cm³/mol. The Kier molecular flexibility index (Phi) is 6.70. The zero-order valence-corrected chi connectivity index (χ0v) is 16.8. The van der Waals surface area contributed by atoms with Crippen LogP contribution < -0.4 is 9.47 Å². The third-order valence-electron chi connectivity index (χ3n) is 4.79. The second-order valence-corrected chi connectivity index (χ2v) is 8.67. The maximum atomic E-state index is 12.7. The van der Waals surface area contributed by atoms with Crippen LogP contribution in [-0.4, -0.2) is 38.9 Å². The smallest absolute Gasteiger partial charge is 0.311 e. The molecule has 0 N–H and O–H groups in total. The summed E-state index contributed by atoms with van der Waals surface area (Å²) in [7, 11) is -1.91. The number of hydrogen-bond acceptors (Lipinski definition) is 5. The van der Waals surface area contributed by atoms with Gasteiger partial charge in [0.25, 0.3) is 0 Å². The number of sulfonamides is 1. The first kappa shape index (κ1) is 20.4. The third-order valence-corrected chi connectivity index (χ3v) is 6.70. The normalized spacial score (nSPS) is 15.2. The van der Waals surface area contributed by atoms with E-state index in [-0.39, 0.29) is 12.4 Å². The van der Waals surface area contributed by atoms with Gasteiger partial charge in [-0.3, -0.25) is 4.79 Å². The average Bonchev–Trinajstić information content (AvgIpc) is 2.73. The molecule has 1 heterocycles. The van der Waals surface area contributed by atoms with Gasteiger partial charge in [-0.15, -0.1) is 0 Å². The second kappa shape index (κ2) is 9.21. The number of piperidine rings is 1. The van der Waals surface area contributed by atoms with Crippen molar-refractivity contribution < 1.29 is 22.7 Å². The topological polar surface area (TPSA) is 72.9 Å². The van der Waals surface area contributed by atoms with Crippen LogP contribution in [0.5, 0.6) is 11.5 Å². The highest BCUT2D eigenvalue weighted by atomic mass is 32.2. The molecule has 3 rings (SSSR count). The maximum absolute atomic E-state index is 12.7. The van der Waals surface area contributed by atoms with Crippen molar-refractivity contribution in [1.82, 2.24) is 4.31 Å². The van der Waals surface area contributed by atoms with Crippen LogP contribution in [0.15, 0.2) is 53.4 Å². The lowest BCUT2D eigenvalue weighted by atomic mass is 10.1. The SMILES string of the molecule is COc1ccccc1OC(=O)CCc1ccc(S(=O)(=O)N2CCCCC2)cc1. The van der Waals surface area contributed by atoms with Gasteiger partial charge in [0.15, 0.2) is 11.5 Å². The van der Waals surface area contributed by atoms with Gasteiger partial charge >= 0.3 is 5.97 Å². The predicted octanol–water partition coefficient (Wildman–Crippen LogP) is 3.41. The minimum Gasteiger partial charge on any atom is -0.493 e. The summed E-state index contributed by atoms with van der Waals surface area (Å²) in [5, 5.41) is 0. The van der Waals surface area contributed by atoms with E-state index in [1.807, 2.05) is 0 Å². The van der Waals surface area contributed by atoms with Gasteiger partial charge in [-0.05, 0) is 49.1 Å². The summed E-state index contributed by atoms with van der Waals surface area (Å²) >= 11 is 0. The molecule has 0 saturated carbocycles. The maximum Gasteiger partial charge on any atom is 0.311 e. The van der Waals surface area contributed by atoms with E-state index in [9.17, 15) is 13.2 Å². The van der Waals surface area contributed by atoms with Crippen molar-refractivity contribution in [2.24, 2.45) is 0 Å². The molecule has 0 bridgehead atoms. The zero-order valence-electron chi connectivity index (χ0n) is 16.0. The lowest BCUT2D eigenvalue weighted by Crippen LogP contribution is -2.35. The van der Waals surface area contributed by atoms with Crippen molar-refractivity contribution in [3.8, 4) is 11.5 Å². The molecule has 1 saturated heterocycles. The molecule has 2 aromatic carbocycles. The van der Waals surface area contributed by atoms with E-state index in [1.54, 1.807) is 52.8 Å². The Morgan fingerprint density at radius 3 is 2.25 bits per heavy atom. The highest BCUT2D eigenvalue weighted by molar-refractivity contribution is 7.89. The fraction of sp³-hybridized carbons (Fsp3) is 0.381. The summed E-state index contributed by atoms with van der Waals surface area (Å²) in [5.74, 6) is 0.524. The van der Waals surface area contributed by atoms with Crippen LogP contribution in [0.3, 0.4) is 0 Å². The molecule has 0 atom stereocenters. The van der Waals surface area contributed by atoms with Crippen molar-refractivity contribution in [2.75, 3.05) is 20.2 Å². The Balaban J connectivity index is 1.57. The van der Waals surface area contributed by atoms with E-state index in [4.69, 9.17) is 9.47 Å². The van der Waals surface area contributed by atoms with Gasteiger partial charge in [-0.2, -0.15) is 4.31 Å². The second-order valence-electron chi connectivity index (χ2n) is 6.73. The molecule has 150 valence electrons. The molecule has 0 aliphatic carbocycles. The molecule has 6 nitrogen and oxygen atoms in total. The molecular weight excluding hydrogens is 378 g/mol. The number of aryl methyl sites for hydroxylation is 1. The molecule has 1 aliphatic heterocycles. The summed E-state index contributed by atoms with van der Waals surface area (Å²) in [6.45, 7) is 1.16. The van der Waals surface area contributed by atoms with E-state index in [0.29, 0.717) is 35.9 Å². The van der Waals surface area contributed by atoms with E-state index >= 15 is 0 Å². The Bertz CT molecular complexity index is 903. The summed E-state index contributed by atoms with van der Waals surface area (Å²) in [6, 6.07) is 13.7. The zero-order chi connectivity index (χ0) is 20.0. The van der Waals surface area contributed by atoms with Crippen molar-refractivity contribution >= 4 is 16.0 Å². The van der Waals surface area contributed by atoms with Crippen molar-refractivity contribution in [2.45, 2.75) is 37.0 Å². The quantitative estimate of drug-likeness (QED) is 0.523. The first-order chi connectivity index (χ1) is 13.5. The van der Waals surface area contributed by atoms with Crippen LogP contribution in [-0.2, 0) is 21.2 Å². The number of carbonyl (C=O) groups is 1. The number of esters is 1. The number of rotatable bonds is 7. The van der Waals surface area contributed by atoms with Crippen molar-refractivity contribution in [1.29, 1.82) is 0 Å². The molecule has 7 heteroatoms. The van der Waals surface area contributed by atoms with Gasteiger partial charge in [0.2, 0.25) is 10.0 Å². The molecule has 0 spiro atoms. The molecule has 28 heavy (non-hydrogen) atoms. The molecule has 1 fully saturated rings. The first-order valence-electron chi connectivity index (χ1n) is 9.43. The Morgan fingerprint density at radius 1 is 0.964 bits per heavy atom. The molecule has 1 aliphatic rings. The standard InChI is InChI=1S/C21H25NO5S/c1-26-19-7-3-4-8-20(19)27-21(23)14-11-17-9-12-18(13-10-17)28(24,25)22-15-5-2-6-16-22/h3-4,7-10,12-13H,2,5-6,11,14-16H2,1H3. The van der Waals surface area contributed by atoms with Gasteiger partial charge in [0, 0.05) is 19.5 Å².